The molecule has 0 spiro atoms. The summed E-state index contributed by atoms with van der Waals surface area (Å²) in [7, 11) is 0. The van der Waals surface area contributed by atoms with E-state index in [-0.39, 0.29) is 5.69 Å². The number of para-hydroxylation sites is 1. The lowest BCUT2D eigenvalue weighted by Gasteiger charge is -2.11. The number of benzene rings is 3. The van der Waals surface area contributed by atoms with Crippen LogP contribution in [-0.4, -0.2) is 24.4 Å². The second-order valence-corrected chi connectivity index (χ2v) is 7.18. The summed E-state index contributed by atoms with van der Waals surface area (Å²) in [4.78, 5) is 10.3. The Hall–Kier alpha value is -3.29. The Morgan fingerprint density at radius 3 is 2.39 bits per heavy atom. The smallest absolute Gasteiger partial charge is 0.269 e. The Balaban J connectivity index is 1.53. The maximum atomic E-state index is 10.7. The predicted molar refractivity (Wildman–Crippen MR) is 123 cm³/mol. The largest absolute Gasteiger partial charge is 0.493 e. The predicted octanol–water partition coefficient (Wildman–Crippen LogP) is 6.20. The van der Waals surface area contributed by atoms with Crippen LogP contribution in [0.2, 0.25) is 10.0 Å². The Morgan fingerprint density at radius 2 is 1.68 bits per heavy atom. The van der Waals surface area contributed by atoms with Gasteiger partial charge in [0.15, 0.2) is 0 Å². The number of nitrogens with zero attached hydrogens (tertiary/aromatic N) is 2. The van der Waals surface area contributed by atoms with Gasteiger partial charge in [-0.15, -0.1) is 0 Å². The van der Waals surface area contributed by atoms with Crippen molar-refractivity contribution in [3.05, 3.63) is 92.5 Å². The third kappa shape index (κ3) is 6.87. The maximum Gasteiger partial charge on any atom is 0.269 e. The summed E-state index contributed by atoms with van der Waals surface area (Å²) in [6.45, 7) is 0.894. The van der Waals surface area contributed by atoms with Gasteiger partial charge in [-0.3, -0.25) is 15.5 Å². The maximum absolute atomic E-state index is 10.7. The summed E-state index contributed by atoms with van der Waals surface area (Å²) in [5, 5.41) is 16.0. The summed E-state index contributed by atoms with van der Waals surface area (Å²) in [6, 6.07) is 18.5. The van der Waals surface area contributed by atoms with Gasteiger partial charge in [-0.05, 0) is 42.5 Å². The van der Waals surface area contributed by atoms with Crippen molar-refractivity contribution in [1.29, 1.82) is 0 Å². The van der Waals surface area contributed by atoms with Crippen LogP contribution in [0.1, 0.15) is 12.0 Å². The van der Waals surface area contributed by atoms with E-state index in [0.29, 0.717) is 52.4 Å². The number of nitrogens with one attached hydrogen (secondary N) is 1. The highest BCUT2D eigenvalue weighted by atomic mass is 35.5. The molecule has 1 N–H and O–H groups in total. The summed E-state index contributed by atoms with van der Waals surface area (Å²) >= 11 is 12.2. The number of nitro benzene ring substituents is 1. The van der Waals surface area contributed by atoms with Crippen molar-refractivity contribution in [2.75, 3.05) is 18.6 Å². The molecule has 7 nitrogen and oxygen atoms in total. The molecule has 0 fully saturated rings. The Kier molecular flexibility index (Phi) is 8.09. The van der Waals surface area contributed by atoms with Gasteiger partial charge in [0, 0.05) is 29.1 Å². The van der Waals surface area contributed by atoms with E-state index in [0.717, 1.165) is 0 Å². The molecule has 0 aromatic heterocycles. The first kappa shape index (κ1) is 22.4. The van der Waals surface area contributed by atoms with Crippen LogP contribution in [0.4, 0.5) is 11.4 Å². The number of rotatable bonds is 10. The van der Waals surface area contributed by atoms with E-state index in [1.165, 1.54) is 12.1 Å². The van der Waals surface area contributed by atoms with Crippen LogP contribution in [0.25, 0.3) is 0 Å². The zero-order valence-electron chi connectivity index (χ0n) is 16.3. The molecule has 3 aromatic rings. The lowest BCUT2D eigenvalue weighted by molar-refractivity contribution is -0.384. The van der Waals surface area contributed by atoms with Crippen LogP contribution in [0.15, 0.2) is 71.8 Å². The Labute approximate surface area is 189 Å². The molecule has 0 saturated heterocycles. The molecule has 0 heterocycles. The average Bonchev–Trinajstić information content (AvgIpc) is 2.76. The summed E-state index contributed by atoms with van der Waals surface area (Å²) in [5.74, 6) is 1.26. The molecule has 3 rings (SSSR count). The highest BCUT2D eigenvalue weighted by molar-refractivity contribution is 6.32. The number of anilines is 1. The number of hydrogen-bond acceptors (Lipinski definition) is 6. The van der Waals surface area contributed by atoms with Gasteiger partial charge >= 0.3 is 0 Å². The standard InChI is InChI=1S/C22H19Cl2N3O4/c23-17-6-11-21(30-12-3-13-31-22-5-2-1-4-20(22)24)16(14-17)15-25-26-18-7-9-19(10-8-18)27(28)29/h1-2,4-11,14-15,26H,3,12-13H2/b25-15-. The second-order valence-electron chi connectivity index (χ2n) is 6.34. The average molecular weight is 460 g/mol. The monoisotopic (exact) mass is 459 g/mol. The summed E-state index contributed by atoms with van der Waals surface area (Å²) < 4.78 is 11.5. The van der Waals surface area contributed by atoms with Crippen molar-refractivity contribution in [2.24, 2.45) is 5.10 Å². The van der Waals surface area contributed by atoms with Crippen molar-refractivity contribution in [3.63, 3.8) is 0 Å². The number of ether oxygens (including phenoxy) is 2. The van der Waals surface area contributed by atoms with E-state index < -0.39 is 4.92 Å². The van der Waals surface area contributed by atoms with Crippen LogP contribution < -0.4 is 14.9 Å². The third-order valence-electron chi connectivity index (χ3n) is 4.09. The lowest BCUT2D eigenvalue weighted by atomic mass is 10.2. The molecule has 3 aromatic carbocycles. The molecule has 0 bridgehead atoms. The fourth-order valence-corrected chi connectivity index (χ4v) is 2.94. The first-order valence-corrected chi connectivity index (χ1v) is 10.1. The van der Waals surface area contributed by atoms with Crippen molar-refractivity contribution in [3.8, 4) is 11.5 Å². The van der Waals surface area contributed by atoms with Gasteiger partial charge in [0.25, 0.3) is 5.69 Å². The summed E-state index contributed by atoms with van der Waals surface area (Å²) in [5.41, 5.74) is 4.14. The molecule has 0 aliphatic heterocycles. The Bertz CT molecular complexity index is 1060. The van der Waals surface area contributed by atoms with Gasteiger partial charge in [0.05, 0.1) is 35.1 Å². The molecule has 160 valence electrons. The van der Waals surface area contributed by atoms with Crippen LogP contribution in [0, 0.1) is 10.1 Å². The molecule has 0 aliphatic rings. The molecule has 0 aliphatic carbocycles. The first-order chi connectivity index (χ1) is 15.0. The minimum Gasteiger partial charge on any atom is -0.493 e. The molecule has 0 atom stereocenters. The van der Waals surface area contributed by atoms with Crippen molar-refractivity contribution >= 4 is 40.8 Å². The van der Waals surface area contributed by atoms with Crippen molar-refractivity contribution < 1.29 is 14.4 Å². The van der Waals surface area contributed by atoms with Gasteiger partial charge in [0.1, 0.15) is 11.5 Å². The minimum absolute atomic E-state index is 0.0126. The zero-order valence-corrected chi connectivity index (χ0v) is 17.8. The number of halogens is 2. The molecule has 0 saturated carbocycles. The van der Waals surface area contributed by atoms with Gasteiger partial charge < -0.3 is 9.47 Å². The van der Waals surface area contributed by atoms with Crippen LogP contribution in [-0.2, 0) is 0 Å². The minimum atomic E-state index is -0.456. The normalized spacial score (nSPS) is 10.8. The van der Waals surface area contributed by atoms with Crippen LogP contribution in [0.5, 0.6) is 11.5 Å². The number of non-ortho nitro benzene ring substituents is 1. The lowest BCUT2D eigenvalue weighted by Crippen LogP contribution is -2.06. The van der Waals surface area contributed by atoms with Gasteiger partial charge in [-0.25, -0.2) is 0 Å². The van der Waals surface area contributed by atoms with Crippen molar-refractivity contribution in [2.45, 2.75) is 6.42 Å². The van der Waals surface area contributed by atoms with E-state index in [9.17, 15) is 10.1 Å². The SMILES string of the molecule is O=[N+]([O-])c1ccc(N/N=C\c2cc(Cl)ccc2OCCCOc2ccccc2Cl)cc1. The summed E-state index contributed by atoms with van der Waals surface area (Å²) in [6.07, 6.45) is 2.23. The number of nitro groups is 1. The van der Waals surface area contributed by atoms with Crippen LogP contribution >= 0.6 is 23.2 Å². The molecular formula is C22H19Cl2N3O4. The van der Waals surface area contributed by atoms with Gasteiger partial charge in [-0.1, -0.05) is 35.3 Å². The molecule has 31 heavy (non-hydrogen) atoms. The van der Waals surface area contributed by atoms with E-state index in [2.05, 4.69) is 10.5 Å². The molecule has 9 heteroatoms. The molecular weight excluding hydrogens is 441 g/mol. The molecule has 0 unspecified atom stereocenters. The molecule has 0 amide bonds. The zero-order chi connectivity index (χ0) is 22.1. The molecule has 0 radical (unpaired) electrons. The quantitative estimate of drug-likeness (QED) is 0.169. The van der Waals surface area contributed by atoms with E-state index in [1.807, 2.05) is 18.2 Å². The van der Waals surface area contributed by atoms with E-state index in [4.69, 9.17) is 32.7 Å². The van der Waals surface area contributed by atoms with Gasteiger partial charge in [0.2, 0.25) is 0 Å². The van der Waals surface area contributed by atoms with E-state index >= 15 is 0 Å². The van der Waals surface area contributed by atoms with E-state index in [1.54, 1.807) is 42.6 Å². The number of hydrazone groups is 1. The Morgan fingerprint density at radius 1 is 0.968 bits per heavy atom. The topological polar surface area (TPSA) is 86.0 Å². The number of hydrogen-bond donors (Lipinski definition) is 1. The third-order valence-corrected chi connectivity index (χ3v) is 4.64. The fraction of sp³-hybridized carbons (Fsp3) is 0.136. The fourth-order valence-electron chi connectivity index (χ4n) is 2.57. The van der Waals surface area contributed by atoms with Gasteiger partial charge in [-0.2, -0.15) is 5.10 Å². The highest BCUT2D eigenvalue weighted by Crippen LogP contribution is 2.24. The second kappa shape index (κ2) is 11.2. The highest BCUT2D eigenvalue weighted by Gasteiger charge is 2.05. The first-order valence-electron chi connectivity index (χ1n) is 9.36. The van der Waals surface area contributed by atoms with Crippen LogP contribution in [0.3, 0.4) is 0 Å². The van der Waals surface area contributed by atoms with Crippen molar-refractivity contribution in [1.82, 2.24) is 0 Å².